The second-order valence-corrected chi connectivity index (χ2v) is 7.94. The first-order valence-electron chi connectivity index (χ1n) is 10.4. The highest BCUT2D eigenvalue weighted by Crippen LogP contribution is 2.25. The first kappa shape index (κ1) is 18.3. The smallest absolute Gasteiger partial charge is 0.321 e. The maximum Gasteiger partial charge on any atom is 0.321 e. The first-order chi connectivity index (χ1) is 13.2. The molecule has 4 rings (SSSR count). The Bertz CT molecular complexity index is 669. The van der Waals surface area contributed by atoms with Crippen LogP contribution in [-0.2, 0) is 4.79 Å². The summed E-state index contributed by atoms with van der Waals surface area (Å²) in [6.45, 7) is 4.48. The lowest BCUT2D eigenvalue weighted by Crippen LogP contribution is -2.40. The third kappa shape index (κ3) is 4.26. The van der Waals surface area contributed by atoms with Crippen LogP contribution in [0, 0.1) is 0 Å². The SMILES string of the molecule is O=C(Nc1ccc(N2CCCC2=O)cc1)N1CCCN(C2CCCC2)CC1. The average Bonchev–Trinajstić information content (AvgIpc) is 3.29. The molecule has 2 saturated heterocycles. The number of hydrogen-bond donors (Lipinski definition) is 1. The minimum absolute atomic E-state index is 0.0201. The highest BCUT2D eigenvalue weighted by molar-refractivity contribution is 5.96. The quantitative estimate of drug-likeness (QED) is 0.888. The van der Waals surface area contributed by atoms with E-state index < -0.39 is 0 Å². The molecule has 146 valence electrons. The number of rotatable bonds is 3. The Hall–Kier alpha value is -2.08. The van der Waals surface area contributed by atoms with E-state index in [1.807, 2.05) is 34.1 Å². The lowest BCUT2D eigenvalue weighted by molar-refractivity contribution is -0.117. The zero-order valence-corrected chi connectivity index (χ0v) is 16.0. The second kappa shape index (κ2) is 8.30. The Morgan fingerprint density at radius 2 is 1.67 bits per heavy atom. The van der Waals surface area contributed by atoms with Gasteiger partial charge in [0.05, 0.1) is 0 Å². The van der Waals surface area contributed by atoms with E-state index in [9.17, 15) is 9.59 Å². The molecule has 3 amide bonds. The molecular formula is C21H30N4O2. The van der Waals surface area contributed by atoms with Crippen molar-refractivity contribution in [2.45, 2.75) is 51.0 Å². The van der Waals surface area contributed by atoms with Gasteiger partial charge < -0.3 is 15.1 Å². The van der Waals surface area contributed by atoms with Crippen LogP contribution in [0.4, 0.5) is 16.2 Å². The van der Waals surface area contributed by atoms with Crippen molar-refractivity contribution in [1.82, 2.24) is 9.80 Å². The molecule has 0 aromatic heterocycles. The molecule has 0 radical (unpaired) electrons. The van der Waals surface area contributed by atoms with Crippen LogP contribution in [0.25, 0.3) is 0 Å². The Morgan fingerprint density at radius 3 is 2.37 bits per heavy atom. The Balaban J connectivity index is 1.31. The molecule has 6 nitrogen and oxygen atoms in total. The van der Waals surface area contributed by atoms with Crippen molar-refractivity contribution in [2.24, 2.45) is 0 Å². The number of carbonyl (C=O) groups excluding carboxylic acids is 2. The van der Waals surface area contributed by atoms with Gasteiger partial charge in [0, 0.05) is 56.6 Å². The molecule has 3 fully saturated rings. The van der Waals surface area contributed by atoms with Crippen LogP contribution in [0.1, 0.15) is 44.9 Å². The largest absolute Gasteiger partial charge is 0.323 e. The number of urea groups is 1. The maximum absolute atomic E-state index is 12.7. The topological polar surface area (TPSA) is 55.9 Å². The van der Waals surface area contributed by atoms with Gasteiger partial charge in [0.15, 0.2) is 0 Å². The van der Waals surface area contributed by atoms with Gasteiger partial charge in [-0.25, -0.2) is 4.79 Å². The molecule has 1 saturated carbocycles. The molecule has 0 atom stereocenters. The fourth-order valence-electron chi connectivity index (χ4n) is 4.62. The van der Waals surface area contributed by atoms with Crippen molar-refractivity contribution in [3.8, 4) is 0 Å². The molecule has 1 aliphatic carbocycles. The summed E-state index contributed by atoms with van der Waals surface area (Å²) in [6, 6.07) is 8.33. The molecular weight excluding hydrogens is 340 g/mol. The van der Waals surface area contributed by atoms with Crippen LogP contribution in [0.5, 0.6) is 0 Å². The molecule has 27 heavy (non-hydrogen) atoms. The Kier molecular flexibility index (Phi) is 5.62. The average molecular weight is 370 g/mol. The number of hydrogen-bond acceptors (Lipinski definition) is 3. The van der Waals surface area contributed by atoms with Gasteiger partial charge in [-0.1, -0.05) is 12.8 Å². The minimum atomic E-state index is -0.0201. The van der Waals surface area contributed by atoms with E-state index in [0.29, 0.717) is 6.42 Å². The van der Waals surface area contributed by atoms with Gasteiger partial charge in [0.1, 0.15) is 0 Å². The van der Waals surface area contributed by atoms with Gasteiger partial charge in [0.2, 0.25) is 5.91 Å². The first-order valence-corrected chi connectivity index (χ1v) is 10.4. The van der Waals surface area contributed by atoms with Crippen LogP contribution in [-0.4, -0.2) is 60.5 Å². The number of benzene rings is 1. The maximum atomic E-state index is 12.7. The molecule has 2 heterocycles. The number of nitrogens with zero attached hydrogens (tertiary/aromatic N) is 3. The number of nitrogens with one attached hydrogen (secondary N) is 1. The van der Waals surface area contributed by atoms with Crippen molar-refractivity contribution >= 4 is 23.3 Å². The highest BCUT2D eigenvalue weighted by Gasteiger charge is 2.26. The van der Waals surface area contributed by atoms with Crippen molar-refractivity contribution in [3.63, 3.8) is 0 Å². The predicted molar refractivity (Wildman–Crippen MR) is 107 cm³/mol. The molecule has 2 aliphatic heterocycles. The normalized spacial score (nSPS) is 22.3. The van der Waals surface area contributed by atoms with Gasteiger partial charge in [-0.15, -0.1) is 0 Å². The van der Waals surface area contributed by atoms with Crippen LogP contribution < -0.4 is 10.2 Å². The lowest BCUT2D eigenvalue weighted by atomic mass is 10.2. The van der Waals surface area contributed by atoms with Crippen LogP contribution >= 0.6 is 0 Å². The molecule has 1 aromatic carbocycles. The molecule has 0 unspecified atom stereocenters. The van der Waals surface area contributed by atoms with Crippen molar-refractivity contribution in [2.75, 3.05) is 42.9 Å². The summed E-state index contributed by atoms with van der Waals surface area (Å²) in [5.74, 6) is 0.183. The summed E-state index contributed by atoms with van der Waals surface area (Å²) in [7, 11) is 0. The van der Waals surface area contributed by atoms with E-state index in [-0.39, 0.29) is 11.9 Å². The fraction of sp³-hybridized carbons (Fsp3) is 0.619. The standard InChI is InChI=1S/C21H30N4O2/c26-20-7-3-14-25(20)19-10-8-17(9-11-19)22-21(27)24-13-4-12-23(15-16-24)18-5-1-2-6-18/h8-11,18H,1-7,12-16H2,(H,22,27). The van der Waals surface area contributed by atoms with Crippen molar-refractivity contribution < 1.29 is 9.59 Å². The van der Waals surface area contributed by atoms with Gasteiger partial charge in [0.25, 0.3) is 0 Å². The number of anilines is 2. The van der Waals surface area contributed by atoms with Crippen molar-refractivity contribution in [1.29, 1.82) is 0 Å². The molecule has 6 heteroatoms. The zero-order chi connectivity index (χ0) is 18.6. The predicted octanol–water partition coefficient (Wildman–Crippen LogP) is 3.30. The molecule has 1 aromatic rings. The number of carbonyl (C=O) groups is 2. The highest BCUT2D eigenvalue weighted by atomic mass is 16.2. The monoisotopic (exact) mass is 370 g/mol. The van der Waals surface area contributed by atoms with Gasteiger partial charge >= 0.3 is 6.03 Å². The molecule has 1 N–H and O–H groups in total. The Labute approximate surface area is 161 Å². The molecule has 0 spiro atoms. The summed E-state index contributed by atoms with van der Waals surface area (Å²) in [4.78, 5) is 30.9. The van der Waals surface area contributed by atoms with Crippen LogP contribution in [0.2, 0.25) is 0 Å². The van der Waals surface area contributed by atoms with Crippen molar-refractivity contribution in [3.05, 3.63) is 24.3 Å². The fourth-order valence-corrected chi connectivity index (χ4v) is 4.62. The number of amides is 3. The summed E-state index contributed by atoms with van der Waals surface area (Å²) in [5, 5.41) is 3.02. The zero-order valence-electron chi connectivity index (χ0n) is 16.0. The van der Waals surface area contributed by atoms with Gasteiger partial charge in [-0.3, -0.25) is 9.69 Å². The molecule has 0 bridgehead atoms. The van der Waals surface area contributed by atoms with Gasteiger partial charge in [-0.2, -0.15) is 0 Å². The van der Waals surface area contributed by atoms with E-state index >= 15 is 0 Å². The lowest BCUT2D eigenvalue weighted by Gasteiger charge is -2.27. The third-order valence-electron chi connectivity index (χ3n) is 6.16. The summed E-state index contributed by atoms with van der Waals surface area (Å²) >= 11 is 0. The van der Waals surface area contributed by atoms with E-state index in [4.69, 9.17) is 0 Å². The summed E-state index contributed by atoms with van der Waals surface area (Å²) in [6.07, 6.45) is 7.93. The summed E-state index contributed by atoms with van der Waals surface area (Å²) in [5.41, 5.74) is 1.70. The Morgan fingerprint density at radius 1 is 0.889 bits per heavy atom. The second-order valence-electron chi connectivity index (χ2n) is 7.94. The van der Waals surface area contributed by atoms with E-state index in [1.54, 1.807) is 0 Å². The van der Waals surface area contributed by atoms with E-state index in [2.05, 4.69) is 10.2 Å². The van der Waals surface area contributed by atoms with Gasteiger partial charge in [-0.05, 0) is 49.9 Å². The van der Waals surface area contributed by atoms with E-state index in [0.717, 1.165) is 63.0 Å². The van der Waals surface area contributed by atoms with Crippen LogP contribution in [0.3, 0.4) is 0 Å². The minimum Gasteiger partial charge on any atom is -0.323 e. The molecule has 3 aliphatic rings. The van der Waals surface area contributed by atoms with Crippen LogP contribution in [0.15, 0.2) is 24.3 Å². The summed E-state index contributed by atoms with van der Waals surface area (Å²) < 4.78 is 0. The van der Waals surface area contributed by atoms with E-state index in [1.165, 1.54) is 25.7 Å². The third-order valence-corrected chi connectivity index (χ3v) is 6.16.